The molecule has 0 saturated carbocycles. The van der Waals surface area contributed by atoms with Gasteiger partial charge in [-0.2, -0.15) is 0 Å². The summed E-state index contributed by atoms with van der Waals surface area (Å²) in [7, 11) is 0. The average molecular weight is 249 g/mol. The van der Waals surface area contributed by atoms with E-state index in [2.05, 4.69) is 16.8 Å². The lowest BCUT2D eigenvalue weighted by Gasteiger charge is -2.19. The van der Waals surface area contributed by atoms with Gasteiger partial charge in [-0.15, -0.1) is 0 Å². The summed E-state index contributed by atoms with van der Waals surface area (Å²) in [4.78, 5) is 4.55. The number of fused-ring (bicyclic) bond motifs is 1. The first-order chi connectivity index (χ1) is 9.33. The molecule has 2 nitrogen and oxygen atoms in total. The first kappa shape index (κ1) is 12.0. The topological polar surface area (TPSA) is 33.1 Å². The summed E-state index contributed by atoms with van der Waals surface area (Å²) in [5.74, 6) is 6.19. The van der Waals surface area contributed by atoms with Crippen LogP contribution in [-0.4, -0.2) is 10.1 Å². The third-order valence-electron chi connectivity index (χ3n) is 3.37. The number of benzene rings is 1. The quantitative estimate of drug-likeness (QED) is 0.728. The van der Waals surface area contributed by atoms with Gasteiger partial charge in [0.15, 0.2) is 0 Å². The first-order valence-corrected chi connectivity index (χ1v) is 6.58. The highest BCUT2D eigenvalue weighted by Gasteiger charge is 2.18. The fourth-order valence-electron chi connectivity index (χ4n) is 2.36. The van der Waals surface area contributed by atoms with Gasteiger partial charge in [0.05, 0.1) is 6.10 Å². The second-order valence-corrected chi connectivity index (χ2v) is 4.76. The van der Waals surface area contributed by atoms with Crippen molar-refractivity contribution < 1.29 is 5.11 Å². The van der Waals surface area contributed by atoms with Gasteiger partial charge in [-0.1, -0.05) is 30.2 Å². The Hall–Kier alpha value is -2.11. The number of hydrogen-bond acceptors (Lipinski definition) is 2. The highest BCUT2D eigenvalue weighted by atomic mass is 16.3. The van der Waals surface area contributed by atoms with Gasteiger partial charge in [0.25, 0.3) is 0 Å². The summed E-state index contributed by atoms with van der Waals surface area (Å²) < 4.78 is 0. The minimum absolute atomic E-state index is 0.354. The van der Waals surface area contributed by atoms with E-state index >= 15 is 0 Å². The van der Waals surface area contributed by atoms with E-state index in [4.69, 9.17) is 0 Å². The molecule has 3 rings (SSSR count). The molecule has 0 amide bonds. The molecule has 94 valence electrons. The minimum atomic E-state index is -0.354. The fourth-order valence-corrected chi connectivity index (χ4v) is 2.36. The Morgan fingerprint density at radius 2 is 1.89 bits per heavy atom. The third-order valence-corrected chi connectivity index (χ3v) is 3.37. The van der Waals surface area contributed by atoms with Crippen LogP contribution in [0.25, 0.3) is 0 Å². The highest BCUT2D eigenvalue weighted by molar-refractivity contribution is 5.41. The second kappa shape index (κ2) is 5.26. The molecule has 0 bridgehead atoms. The monoisotopic (exact) mass is 249 g/mol. The van der Waals surface area contributed by atoms with Gasteiger partial charge in [0, 0.05) is 16.8 Å². The van der Waals surface area contributed by atoms with Gasteiger partial charge in [-0.3, -0.25) is 0 Å². The molecule has 0 spiro atoms. The van der Waals surface area contributed by atoms with Crippen molar-refractivity contribution in [3.8, 4) is 11.8 Å². The third kappa shape index (κ3) is 2.67. The van der Waals surface area contributed by atoms with E-state index in [0.29, 0.717) is 0 Å². The molecule has 0 radical (unpaired) electrons. The highest BCUT2D eigenvalue weighted by Crippen LogP contribution is 2.28. The average Bonchev–Trinajstić information content (AvgIpc) is 2.46. The lowest BCUT2D eigenvalue weighted by atomic mass is 9.93. The fraction of sp³-hybridized carbons (Fsp3) is 0.235. The number of nitrogens with zero attached hydrogens (tertiary/aromatic N) is 1. The molecule has 1 aromatic carbocycles. The first-order valence-electron chi connectivity index (χ1n) is 6.58. The molecule has 0 saturated heterocycles. The van der Waals surface area contributed by atoms with Crippen molar-refractivity contribution in [2.24, 2.45) is 0 Å². The molecule has 1 N–H and O–H groups in total. The number of aliphatic hydroxyl groups excluding tert-OH is 1. The van der Waals surface area contributed by atoms with Crippen LogP contribution in [0.4, 0.5) is 0 Å². The maximum absolute atomic E-state index is 9.88. The molecule has 1 aliphatic rings. The lowest BCUT2D eigenvalue weighted by molar-refractivity contribution is 0.155. The molecule has 19 heavy (non-hydrogen) atoms. The van der Waals surface area contributed by atoms with Crippen LogP contribution in [-0.2, 0) is 6.42 Å². The minimum Gasteiger partial charge on any atom is -0.388 e. The van der Waals surface area contributed by atoms with E-state index in [1.165, 1.54) is 0 Å². The molecule has 1 atom stereocenters. The van der Waals surface area contributed by atoms with E-state index in [9.17, 15) is 5.11 Å². The molecule has 0 unspecified atom stereocenters. The number of pyridine rings is 1. The summed E-state index contributed by atoms with van der Waals surface area (Å²) in [5.41, 5.74) is 3.73. The van der Waals surface area contributed by atoms with Crippen molar-refractivity contribution in [2.45, 2.75) is 25.4 Å². The van der Waals surface area contributed by atoms with Crippen molar-refractivity contribution in [1.82, 2.24) is 4.98 Å². The van der Waals surface area contributed by atoms with Crippen LogP contribution < -0.4 is 0 Å². The lowest BCUT2D eigenvalue weighted by Crippen LogP contribution is -2.11. The van der Waals surface area contributed by atoms with Crippen molar-refractivity contribution in [3.63, 3.8) is 0 Å². The Morgan fingerprint density at radius 3 is 2.74 bits per heavy atom. The predicted molar refractivity (Wildman–Crippen MR) is 74.6 cm³/mol. The Balaban J connectivity index is 1.89. The zero-order valence-electron chi connectivity index (χ0n) is 10.6. The molecule has 1 aliphatic carbocycles. The van der Waals surface area contributed by atoms with Crippen molar-refractivity contribution >= 4 is 0 Å². The van der Waals surface area contributed by atoms with Crippen LogP contribution in [0.1, 0.15) is 41.5 Å². The van der Waals surface area contributed by atoms with Gasteiger partial charge < -0.3 is 5.11 Å². The number of aliphatic hydroxyl groups is 1. The van der Waals surface area contributed by atoms with Crippen LogP contribution in [0.5, 0.6) is 0 Å². The van der Waals surface area contributed by atoms with E-state index in [-0.39, 0.29) is 6.10 Å². The smallest absolute Gasteiger partial charge is 0.113 e. The van der Waals surface area contributed by atoms with Crippen molar-refractivity contribution in [1.29, 1.82) is 0 Å². The largest absolute Gasteiger partial charge is 0.388 e. The maximum atomic E-state index is 9.88. The molecular formula is C17H15NO. The molecule has 1 aromatic heterocycles. The zero-order chi connectivity index (χ0) is 13.1. The molecule has 0 fully saturated rings. The van der Waals surface area contributed by atoms with Crippen molar-refractivity contribution in [3.05, 3.63) is 65.0 Å². The van der Waals surface area contributed by atoms with E-state index in [0.717, 1.165) is 41.8 Å². The van der Waals surface area contributed by atoms with Crippen LogP contribution in [0.15, 0.2) is 42.5 Å². The molecule has 2 aromatic rings. The Labute approximate surface area is 113 Å². The predicted octanol–water partition coefficient (Wildman–Crippen LogP) is 2.85. The summed E-state index contributed by atoms with van der Waals surface area (Å²) in [5, 5.41) is 9.88. The van der Waals surface area contributed by atoms with Gasteiger partial charge in [-0.25, -0.2) is 4.98 Å². The summed E-state index contributed by atoms with van der Waals surface area (Å²) in [6.45, 7) is 0. The van der Waals surface area contributed by atoms with E-state index in [1.54, 1.807) is 0 Å². The van der Waals surface area contributed by atoms with Crippen LogP contribution >= 0.6 is 0 Å². The van der Waals surface area contributed by atoms with E-state index < -0.39 is 0 Å². The van der Waals surface area contributed by atoms with Gasteiger partial charge in [0.1, 0.15) is 5.69 Å². The Kier molecular flexibility index (Phi) is 3.31. The second-order valence-electron chi connectivity index (χ2n) is 4.76. The number of rotatable bonds is 0. The summed E-state index contributed by atoms with van der Waals surface area (Å²) in [6.07, 6.45) is 2.42. The SMILES string of the molecule is O[C@H]1CCCc2nc(C#Cc3ccccc3)ccc21. The zero-order valence-corrected chi connectivity index (χ0v) is 10.6. The van der Waals surface area contributed by atoms with Gasteiger partial charge in [-0.05, 0) is 43.4 Å². The molecular weight excluding hydrogens is 234 g/mol. The molecule has 2 heteroatoms. The normalized spacial score (nSPS) is 17.2. The standard InChI is InChI=1S/C17H15NO/c19-17-8-4-7-16-15(17)12-11-14(18-16)10-9-13-5-2-1-3-6-13/h1-3,5-6,11-12,17,19H,4,7-8H2/t17-/m0/s1. The Morgan fingerprint density at radius 1 is 1.05 bits per heavy atom. The Bertz CT molecular complexity index is 637. The number of hydrogen-bond donors (Lipinski definition) is 1. The van der Waals surface area contributed by atoms with E-state index in [1.807, 2.05) is 42.5 Å². The number of aryl methyl sites for hydroxylation is 1. The van der Waals surface area contributed by atoms with Crippen molar-refractivity contribution in [2.75, 3.05) is 0 Å². The molecule has 0 aliphatic heterocycles. The van der Waals surface area contributed by atoms with Gasteiger partial charge in [0.2, 0.25) is 0 Å². The summed E-state index contributed by atoms with van der Waals surface area (Å²) in [6, 6.07) is 13.7. The molecule has 1 heterocycles. The number of aromatic nitrogens is 1. The van der Waals surface area contributed by atoms with Crippen LogP contribution in [0.3, 0.4) is 0 Å². The van der Waals surface area contributed by atoms with Crippen LogP contribution in [0, 0.1) is 11.8 Å². The summed E-state index contributed by atoms with van der Waals surface area (Å²) >= 11 is 0. The van der Waals surface area contributed by atoms with Crippen LogP contribution in [0.2, 0.25) is 0 Å². The van der Waals surface area contributed by atoms with Gasteiger partial charge >= 0.3 is 0 Å². The maximum Gasteiger partial charge on any atom is 0.113 e.